The van der Waals surface area contributed by atoms with Crippen LogP contribution in [0.25, 0.3) is 11.3 Å². The molecular weight excluding hydrogens is 420 g/mol. The minimum absolute atomic E-state index is 0.00122. The quantitative estimate of drug-likeness (QED) is 0.464. The van der Waals surface area contributed by atoms with Gasteiger partial charge in [0, 0.05) is 43.0 Å². The lowest BCUT2D eigenvalue weighted by atomic mass is 9.96. The molecule has 1 saturated heterocycles. The highest BCUT2D eigenvalue weighted by molar-refractivity contribution is 5.97. The van der Waals surface area contributed by atoms with E-state index >= 15 is 0 Å². The van der Waals surface area contributed by atoms with Crippen LogP contribution in [0.3, 0.4) is 0 Å². The number of carbonyl (C=O) groups excluding carboxylic acids is 2. The van der Waals surface area contributed by atoms with Crippen LogP contribution < -0.4 is 9.47 Å². The highest BCUT2D eigenvalue weighted by Crippen LogP contribution is 2.34. The third-order valence-corrected chi connectivity index (χ3v) is 6.06. The first-order valence-electron chi connectivity index (χ1n) is 11.1. The molecule has 1 aromatic heterocycles. The molecule has 0 N–H and O–H groups in total. The van der Waals surface area contributed by atoms with Gasteiger partial charge in [0.2, 0.25) is 5.91 Å². The van der Waals surface area contributed by atoms with E-state index in [0.29, 0.717) is 36.0 Å². The number of aromatic nitrogens is 1. The summed E-state index contributed by atoms with van der Waals surface area (Å²) < 4.78 is 16.4. The number of rotatable bonds is 8. The van der Waals surface area contributed by atoms with E-state index in [1.165, 1.54) is 0 Å². The van der Waals surface area contributed by atoms with Crippen molar-refractivity contribution in [1.29, 1.82) is 0 Å². The van der Waals surface area contributed by atoms with Crippen molar-refractivity contribution in [3.63, 3.8) is 0 Å². The van der Waals surface area contributed by atoms with Crippen molar-refractivity contribution >= 4 is 11.7 Å². The minimum atomic E-state index is 0.00122. The third kappa shape index (κ3) is 5.25. The van der Waals surface area contributed by atoms with Gasteiger partial charge in [-0.05, 0) is 31.0 Å². The fourth-order valence-corrected chi connectivity index (χ4v) is 4.13. The number of amides is 1. The summed E-state index contributed by atoms with van der Waals surface area (Å²) in [5.41, 5.74) is 2.28. The maximum Gasteiger partial charge on any atom is 0.223 e. The number of hydrogen-bond donors (Lipinski definition) is 0. The van der Waals surface area contributed by atoms with E-state index in [0.717, 1.165) is 24.1 Å². The monoisotopic (exact) mass is 448 g/mol. The standard InChI is InChI=1S/C26H28N2O5/c1-31-23-10-8-20(16-24(23)32-2)21-17-33-26(27-21)19-12-14-28(15-13-19)25(30)11-9-22(29)18-6-4-3-5-7-18/h3-8,10,16-17,19H,9,11-15H2,1-2H3. The molecule has 4 rings (SSSR count). The molecule has 0 spiro atoms. The predicted octanol–water partition coefficient (Wildman–Crippen LogP) is 4.73. The Morgan fingerprint density at radius 2 is 1.73 bits per heavy atom. The molecular formula is C26H28N2O5. The van der Waals surface area contributed by atoms with Crippen LogP contribution >= 0.6 is 0 Å². The van der Waals surface area contributed by atoms with Crippen LogP contribution in [0.1, 0.15) is 47.8 Å². The number of oxazole rings is 1. The zero-order valence-corrected chi connectivity index (χ0v) is 19.0. The molecule has 2 heterocycles. The summed E-state index contributed by atoms with van der Waals surface area (Å²) >= 11 is 0. The van der Waals surface area contributed by atoms with Gasteiger partial charge in [-0.2, -0.15) is 0 Å². The van der Waals surface area contributed by atoms with Gasteiger partial charge in [-0.15, -0.1) is 0 Å². The van der Waals surface area contributed by atoms with Gasteiger partial charge in [-0.1, -0.05) is 30.3 Å². The Hall–Kier alpha value is -3.61. The SMILES string of the molecule is COc1ccc(-c2coc(C3CCN(C(=O)CCC(=O)c4ccccc4)CC3)n2)cc1OC. The molecule has 1 aliphatic heterocycles. The summed E-state index contributed by atoms with van der Waals surface area (Å²) in [6.45, 7) is 1.27. The number of benzene rings is 2. The average Bonchev–Trinajstić information content (AvgIpc) is 3.37. The van der Waals surface area contributed by atoms with Gasteiger partial charge < -0.3 is 18.8 Å². The summed E-state index contributed by atoms with van der Waals surface area (Å²) in [7, 11) is 3.20. The van der Waals surface area contributed by atoms with Crippen molar-refractivity contribution in [2.75, 3.05) is 27.3 Å². The van der Waals surface area contributed by atoms with Crippen molar-refractivity contribution in [2.45, 2.75) is 31.6 Å². The lowest BCUT2D eigenvalue weighted by Gasteiger charge is -2.30. The van der Waals surface area contributed by atoms with Crippen molar-refractivity contribution in [3.05, 3.63) is 66.2 Å². The predicted molar refractivity (Wildman–Crippen MR) is 124 cm³/mol. The molecule has 3 aromatic rings. The van der Waals surface area contributed by atoms with Crippen molar-refractivity contribution in [2.24, 2.45) is 0 Å². The number of piperidine rings is 1. The second-order valence-electron chi connectivity index (χ2n) is 8.09. The summed E-state index contributed by atoms with van der Waals surface area (Å²) in [5, 5.41) is 0. The highest BCUT2D eigenvalue weighted by atomic mass is 16.5. The molecule has 0 unspecified atom stereocenters. The molecule has 33 heavy (non-hydrogen) atoms. The number of ketones is 1. The first-order chi connectivity index (χ1) is 16.1. The summed E-state index contributed by atoms with van der Waals surface area (Å²) in [6.07, 6.45) is 3.69. The molecule has 2 aromatic carbocycles. The van der Waals surface area contributed by atoms with Gasteiger partial charge in [0.25, 0.3) is 0 Å². The average molecular weight is 449 g/mol. The van der Waals surface area contributed by atoms with E-state index in [1.807, 2.05) is 41.3 Å². The Kier molecular flexibility index (Phi) is 7.07. The maximum atomic E-state index is 12.6. The summed E-state index contributed by atoms with van der Waals surface area (Å²) in [5.74, 6) is 2.17. The smallest absolute Gasteiger partial charge is 0.223 e. The van der Waals surface area contributed by atoms with Crippen LogP contribution in [0.2, 0.25) is 0 Å². The van der Waals surface area contributed by atoms with Gasteiger partial charge in [0.1, 0.15) is 12.0 Å². The van der Waals surface area contributed by atoms with Crippen LogP contribution in [0, 0.1) is 0 Å². The lowest BCUT2D eigenvalue weighted by Crippen LogP contribution is -2.38. The van der Waals surface area contributed by atoms with Gasteiger partial charge in [-0.25, -0.2) is 4.98 Å². The number of carbonyl (C=O) groups is 2. The first-order valence-corrected chi connectivity index (χ1v) is 11.1. The van der Waals surface area contributed by atoms with E-state index in [4.69, 9.17) is 13.9 Å². The maximum absolute atomic E-state index is 12.6. The van der Waals surface area contributed by atoms with Crippen LogP contribution in [0.15, 0.2) is 59.2 Å². The van der Waals surface area contributed by atoms with Crippen molar-refractivity contribution in [1.82, 2.24) is 9.88 Å². The van der Waals surface area contributed by atoms with Gasteiger partial charge in [-0.3, -0.25) is 9.59 Å². The number of hydrogen-bond acceptors (Lipinski definition) is 6. The largest absolute Gasteiger partial charge is 0.493 e. The van der Waals surface area contributed by atoms with Crippen molar-refractivity contribution < 1.29 is 23.5 Å². The topological polar surface area (TPSA) is 81.9 Å². The van der Waals surface area contributed by atoms with Crippen LogP contribution in [0.5, 0.6) is 11.5 Å². The number of likely N-dealkylation sites (tertiary alicyclic amines) is 1. The molecule has 172 valence electrons. The Labute approximate surface area is 193 Å². The summed E-state index contributed by atoms with van der Waals surface area (Å²) in [6, 6.07) is 14.7. The molecule has 7 nitrogen and oxygen atoms in total. The molecule has 0 aliphatic carbocycles. The fraction of sp³-hybridized carbons (Fsp3) is 0.346. The van der Waals surface area contributed by atoms with E-state index in [2.05, 4.69) is 4.98 Å². The molecule has 1 amide bonds. The third-order valence-electron chi connectivity index (χ3n) is 6.06. The Balaban J connectivity index is 1.31. The first kappa shape index (κ1) is 22.6. The highest BCUT2D eigenvalue weighted by Gasteiger charge is 2.27. The van der Waals surface area contributed by atoms with Crippen molar-refractivity contribution in [3.8, 4) is 22.8 Å². The van der Waals surface area contributed by atoms with E-state index in [9.17, 15) is 9.59 Å². The van der Waals surface area contributed by atoms with Crippen LogP contribution in [-0.2, 0) is 4.79 Å². The number of ether oxygens (including phenoxy) is 2. The zero-order chi connectivity index (χ0) is 23.2. The fourth-order valence-electron chi connectivity index (χ4n) is 4.13. The molecule has 0 atom stereocenters. The Bertz CT molecular complexity index is 1100. The summed E-state index contributed by atoms with van der Waals surface area (Å²) in [4.78, 5) is 31.4. The molecule has 0 bridgehead atoms. The molecule has 0 saturated carbocycles. The number of nitrogens with zero attached hydrogens (tertiary/aromatic N) is 2. The van der Waals surface area contributed by atoms with E-state index in [-0.39, 0.29) is 30.4 Å². The van der Waals surface area contributed by atoms with Gasteiger partial charge in [0.15, 0.2) is 23.2 Å². The van der Waals surface area contributed by atoms with E-state index in [1.54, 1.807) is 32.6 Å². The number of methoxy groups -OCH3 is 2. The molecule has 7 heteroatoms. The Morgan fingerprint density at radius 3 is 2.42 bits per heavy atom. The minimum Gasteiger partial charge on any atom is -0.493 e. The normalized spacial score (nSPS) is 14.2. The Morgan fingerprint density at radius 1 is 1.00 bits per heavy atom. The molecule has 0 radical (unpaired) electrons. The molecule has 1 fully saturated rings. The van der Waals surface area contributed by atoms with E-state index < -0.39 is 0 Å². The second kappa shape index (κ2) is 10.3. The molecule has 1 aliphatic rings. The van der Waals surface area contributed by atoms with Crippen LogP contribution in [0.4, 0.5) is 0 Å². The van der Waals surface area contributed by atoms with Gasteiger partial charge in [0.05, 0.1) is 14.2 Å². The van der Waals surface area contributed by atoms with Crippen LogP contribution in [-0.4, -0.2) is 48.9 Å². The zero-order valence-electron chi connectivity index (χ0n) is 19.0. The number of Topliss-reactive ketones (excluding diaryl/α,β-unsaturated/α-hetero) is 1. The van der Waals surface area contributed by atoms with Gasteiger partial charge >= 0.3 is 0 Å². The lowest BCUT2D eigenvalue weighted by molar-refractivity contribution is -0.132. The second-order valence-corrected chi connectivity index (χ2v) is 8.09.